The Morgan fingerprint density at radius 3 is 2.58 bits per heavy atom. The molecule has 0 spiro atoms. The third-order valence-electron chi connectivity index (χ3n) is 4.18. The van der Waals surface area contributed by atoms with Crippen molar-refractivity contribution in [3.63, 3.8) is 0 Å². The van der Waals surface area contributed by atoms with Gasteiger partial charge >= 0.3 is 0 Å². The second-order valence-electron chi connectivity index (χ2n) is 5.83. The van der Waals surface area contributed by atoms with Gasteiger partial charge in [0.1, 0.15) is 11.5 Å². The smallest absolute Gasteiger partial charge is 0.246 e. The van der Waals surface area contributed by atoms with Crippen molar-refractivity contribution < 1.29 is 20.1 Å². The lowest BCUT2D eigenvalue weighted by Crippen LogP contribution is -2.40. The molecule has 1 aliphatic rings. The third kappa shape index (κ3) is 3.38. The van der Waals surface area contributed by atoms with Gasteiger partial charge < -0.3 is 15.3 Å². The monoisotopic (exact) mass is 326 g/mol. The maximum absolute atomic E-state index is 12.3. The van der Waals surface area contributed by atoms with Gasteiger partial charge in [0.15, 0.2) is 0 Å². The molecule has 4 N–H and O–H groups in total. The Kier molecular flexibility index (Phi) is 4.48. The molecule has 2 unspecified atom stereocenters. The van der Waals surface area contributed by atoms with E-state index in [1.807, 2.05) is 24.3 Å². The molecule has 2 aromatic carbocycles. The number of hydrogen-bond acceptors (Lipinski definition) is 5. The molecule has 1 aliphatic carbocycles. The van der Waals surface area contributed by atoms with Gasteiger partial charge in [-0.15, -0.1) is 0 Å². The van der Waals surface area contributed by atoms with Crippen molar-refractivity contribution >= 4 is 12.1 Å². The molecule has 0 aromatic heterocycles. The van der Waals surface area contributed by atoms with E-state index >= 15 is 0 Å². The Morgan fingerprint density at radius 2 is 1.83 bits per heavy atom. The Balaban J connectivity index is 1.67. The van der Waals surface area contributed by atoms with Crippen LogP contribution in [0.5, 0.6) is 11.5 Å². The molecule has 0 saturated heterocycles. The van der Waals surface area contributed by atoms with Gasteiger partial charge in [0.05, 0.1) is 18.2 Å². The summed E-state index contributed by atoms with van der Waals surface area (Å²) in [6.45, 7) is 0. The number of hydrogen-bond donors (Lipinski definition) is 4. The zero-order valence-electron chi connectivity index (χ0n) is 12.9. The molecular formula is C18H18N2O4. The number of phenolic OH excluding ortho intramolecular Hbond substituents is 2. The van der Waals surface area contributed by atoms with Crippen LogP contribution in [0.3, 0.4) is 0 Å². The van der Waals surface area contributed by atoms with Crippen LogP contribution in [0.4, 0.5) is 0 Å². The van der Waals surface area contributed by atoms with E-state index in [2.05, 4.69) is 10.5 Å². The normalized spacial score (nSPS) is 19.9. The van der Waals surface area contributed by atoms with Gasteiger partial charge in [0.2, 0.25) is 5.91 Å². The molecule has 6 heteroatoms. The first kappa shape index (κ1) is 16.0. The van der Waals surface area contributed by atoms with Crippen LogP contribution in [-0.4, -0.2) is 33.5 Å². The van der Waals surface area contributed by atoms with E-state index in [9.17, 15) is 20.1 Å². The van der Waals surface area contributed by atoms with Gasteiger partial charge in [-0.05, 0) is 42.2 Å². The predicted molar refractivity (Wildman–Crippen MR) is 88.9 cm³/mol. The lowest BCUT2D eigenvalue weighted by atomic mass is 9.81. The molecule has 124 valence electrons. The Bertz CT molecular complexity index is 788. The lowest BCUT2D eigenvalue weighted by molar-refractivity contribution is -0.128. The minimum Gasteiger partial charge on any atom is -0.508 e. The number of rotatable bonds is 3. The van der Waals surface area contributed by atoms with E-state index in [0.717, 1.165) is 11.1 Å². The quantitative estimate of drug-likeness (QED) is 0.388. The van der Waals surface area contributed by atoms with Crippen molar-refractivity contribution in [3.8, 4) is 11.5 Å². The van der Waals surface area contributed by atoms with Gasteiger partial charge in [-0.3, -0.25) is 4.79 Å². The maximum atomic E-state index is 12.3. The number of nitrogens with one attached hydrogen (secondary N) is 1. The largest absolute Gasteiger partial charge is 0.508 e. The van der Waals surface area contributed by atoms with Crippen molar-refractivity contribution in [2.75, 3.05) is 0 Å². The summed E-state index contributed by atoms with van der Waals surface area (Å²) in [5.41, 5.74) is 4.78. The maximum Gasteiger partial charge on any atom is 0.246 e. The molecule has 0 saturated carbocycles. The molecule has 0 aliphatic heterocycles. The standard InChI is InChI=1S/C18H18N2O4/c21-14-5-6-16(22)13(7-14)10-19-20-18(24)15-8-11-3-1-2-4-12(11)9-17(15)23/h1-7,10,15,17,21-23H,8-9H2,(H,20,24). The van der Waals surface area contributed by atoms with E-state index in [0.29, 0.717) is 12.8 Å². The van der Waals surface area contributed by atoms with Crippen LogP contribution < -0.4 is 5.43 Å². The summed E-state index contributed by atoms with van der Waals surface area (Å²) < 4.78 is 0. The highest BCUT2D eigenvalue weighted by molar-refractivity contribution is 5.86. The van der Waals surface area contributed by atoms with Crippen molar-refractivity contribution in [3.05, 3.63) is 59.2 Å². The molecule has 0 bridgehead atoms. The number of phenols is 2. The first-order valence-electron chi connectivity index (χ1n) is 7.64. The fourth-order valence-electron chi connectivity index (χ4n) is 2.86. The second kappa shape index (κ2) is 6.72. The SMILES string of the molecule is O=C(NN=Cc1cc(O)ccc1O)C1Cc2ccccc2CC1O. The molecular weight excluding hydrogens is 308 g/mol. The zero-order valence-corrected chi connectivity index (χ0v) is 12.9. The van der Waals surface area contributed by atoms with Crippen LogP contribution in [0.15, 0.2) is 47.6 Å². The van der Waals surface area contributed by atoms with Crippen LogP contribution in [0.2, 0.25) is 0 Å². The highest BCUT2D eigenvalue weighted by Gasteiger charge is 2.32. The van der Waals surface area contributed by atoms with Gasteiger partial charge in [-0.25, -0.2) is 5.43 Å². The zero-order chi connectivity index (χ0) is 17.1. The third-order valence-corrected chi connectivity index (χ3v) is 4.18. The number of benzene rings is 2. The van der Waals surface area contributed by atoms with Gasteiger partial charge in [0, 0.05) is 5.56 Å². The summed E-state index contributed by atoms with van der Waals surface area (Å²) in [7, 11) is 0. The summed E-state index contributed by atoms with van der Waals surface area (Å²) in [5.74, 6) is -1.03. The number of nitrogens with zero attached hydrogens (tertiary/aromatic N) is 1. The van der Waals surface area contributed by atoms with Gasteiger partial charge in [-0.1, -0.05) is 24.3 Å². The molecule has 2 atom stereocenters. The average Bonchev–Trinajstić information content (AvgIpc) is 2.57. The van der Waals surface area contributed by atoms with Crippen molar-refractivity contribution in [1.82, 2.24) is 5.43 Å². The Morgan fingerprint density at radius 1 is 1.12 bits per heavy atom. The molecule has 0 radical (unpaired) electrons. The molecule has 0 heterocycles. The number of amides is 1. The number of aliphatic hydroxyl groups excluding tert-OH is 1. The highest BCUT2D eigenvalue weighted by Crippen LogP contribution is 2.26. The second-order valence-corrected chi connectivity index (χ2v) is 5.83. The summed E-state index contributed by atoms with van der Waals surface area (Å²) in [4.78, 5) is 12.3. The number of fused-ring (bicyclic) bond motifs is 1. The molecule has 0 fully saturated rings. The van der Waals surface area contributed by atoms with Crippen LogP contribution in [0.25, 0.3) is 0 Å². The minimum absolute atomic E-state index is 0.0140. The first-order valence-corrected chi connectivity index (χ1v) is 7.64. The number of carbonyl (C=O) groups is 1. The van der Waals surface area contributed by atoms with Crippen LogP contribution in [0, 0.1) is 5.92 Å². The Labute approximate surface area is 139 Å². The topological polar surface area (TPSA) is 102 Å². The van der Waals surface area contributed by atoms with Gasteiger partial charge in [0.25, 0.3) is 0 Å². The summed E-state index contributed by atoms with van der Waals surface area (Å²) >= 11 is 0. The van der Waals surface area contributed by atoms with E-state index in [4.69, 9.17) is 0 Å². The fraction of sp³-hybridized carbons (Fsp3) is 0.222. The molecule has 2 aromatic rings. The number of hydrazone groups is 1. The average molecular weight is 326 g/mol. The van der Waals surface area contributed by atoms with Gasteiger partial charge in [-0.2, -0.15) is 5.10 Å². The number of carbonyl (C=O) groups excluding carboxylic acids is 1. The predicted octanol–water partition coefficient (Wildman–Crippen LogP) is 1.32. The number of aromatic hydroxyl groups is 2. The summed E-state index contributed by atoms with van der Waals surface area (Å²) in [5, 5.41) is 33.0. The van der Waals surface area contributed by atoms with E-state index < -0.39 is 12.0 Å². The van der Waals surface area contributed by atoms with Crippen molar-refractivity contribution in [1.29, 1.82) is 0 Å². The number of aliphatic hydroxyl groups is 1. The molecule has 3 rings (SSSR count). The van der Waals surface area contributed by atoms with Crippen LogP contribution in [-0.2, 0) is 17.6 Å². The van der Waals surface area contributed by atoms with Crippen molar-refractivity contribution in [2.45, 2.75) is 18.9 Å². The lowest BCUT2D eigenvalue weighted by Gasteiger charge is -2.28. The summed E-state index contributed by atoms with van der Waals surface area (Å²) in [6.07, 6.45) is 1.38. The van der Waals surface area contributed by atoms with Crippen molar-refractivity contribution in [2.24, 2.45) is 11.0 Å². The molecule has 1 amide bonds. The van der Waals surface area contributed by atoms with E-state index in [-0.39, 0.29) is 23.0 Å². The van der Waals surface area contributed by atoms with E-state index in [1.54, 1.807) is 0 Å². The fourth-order valence-corrected chi connectivity index (χ4v) is 2.86. The summed E-state index contributed by atoms with van der Waals surface area (Å²) in [6, 6.07) is 11.7. The highest BCUT2D eigenvalue weighted by atomic mass is 16.3. The Hall–Kier alpha value is -2.86. The molecule has 6 nitrogen and oxygen atoms in total. The van der Waals surface area contributed by atoms with Crippen LogP contribution >= 0.6 is 0 Å². The minimum atomic E-state index is -0.760. The van der Waals surface area contributed by atoms with E-state index in [1.165, 1.54) is 24.4 Å². The molecule has 24 heavy (non-hydrogen) atoms. The van der Waals surface area contributed by atoms with Crippen LogP contribution in [0.1, 0.15) is 16.7 Å². The first-order chi connectivity index (χ1) is 11.5.